The van der Waals surface area contributed by atoms with Crippen molar-refractivity contribution in [3.8, 4) is 5.75 Å². The molecule has 3 heterocycles. The van der Waals surface area contributed by atoms with Crippen LogP contribution in [0.4, 0.5) is 0 Å². The molecule has 3 aromatic rings. The van der Waals surface area contributed by atoms with Crippen molar-refractivity contribution in [1.82, 2.24) is 14.7 Å². The van der Waals surface area contributed by atoms with Crippen LogP contribution in [0.1, 0.15) is 39.3 Å². The minimum absolute atomic E-state index is 0.0276. The van der Waals surface area contributed by atoms with E-state index in [0.717, 1.165) is 24.3 Å². The standard InChI is InChI=1S/C28H29Cl2N3O3S/c1-18-16-31(12-13-33(18)28(35)20-5-8-23(29)24(30)15-20)26(34)17-32-11-9-25-22(10-14-37-25)27(32)19-3-6-21(36-2)7-4-19/h3-8,10,14-15,18,27H,9,11-13,16-17H2,1-2H3/t18-,27+/m1/s1. The number of benzene rings is 2. The molecule has 0 bridgehead atoms. The van der Waals surface area contributed by atoms with Gasteiger partial charge in [0, 0.05) is 42.7 Å². The number of carbonyl (C=O) groups excluding carboxylic acids is 2. The van der Waals surface area contributed by atoms with Crippen molar-refractivity contribution in [3.63, 3.8) is 0 Å². The maximum Gasteiger partial charge on any atom is 0.254 e. The minimum atomic E-state index is -0.109. The average Bonchev–Trinajstić information content (AvgIpc) is 3.39. The van der Waals surface area contributed by atoms with Crippen molar-refractivity contribution in [2.24, 2.45) is 0 Å². The Morgan fingerprint density at radius 2 is 1.81 bits per heavy atom. The van der Waals surface area contributed by atoms with Crippen LogP contribution in [0.2, 0.25) is 10.0 Å². The average molecular weight is 559 g/mol. The van der Waals surface area contributed by atoms with Crippen LogP contribution < -0.4 is 4.74 Å². The second-order valence-corrected chi connectivity index (χ2v) is 11.3. The van der Waals surface area contributed by atoms with Crippen LogP contribution in [-0.4, -0.2) is 72.4 Å². The van der Waals surface area contributed by atoms with Gasteiger partial charge in [0.2, 0.25) is 5.91 Å². The van der Waals surface area contributed by atoms with Gasteiger partial charge in [0.05, 0.1) is 29.7 Å². The number of ether oxygens (including phenoxy) is 1. The molecule has 1 fully saturated rings. The Balaban J connectivity index is 1.27. The normalized spacial score (nSPS) is 20.0. The number of nitrogens with zero attached hydrogens (tertiary/aromatic N) is 3. The van der Waals surface area contributed by atoms with E-state index in [4.69, 9.17) is 27.9 Å². The lowest BCUT2D eigenvalue weighted by atomic mass is 9.93. The molecule has 2 atom stereocenters. The molecule has 2 aliphatic rings. The van der Waals surface area contributed by atoms with Crippen LogP contribution in [0, 0.1) is 0 Å². The third-order valence-electron chi connectivity index (χ3n) is 7.24. The monoisotopic (exact) mass is 557 g/mol. The summed E-state index contributed by atoms with van der Waals surface area (Å²) in [6.07, 6.45) is 0.940. The van der Waals surface area contributed by atoms with Gasteiger partial charge in [-0.05, 0) is 66.2 Å². The first kappa shape index (κ1) is 26.0. The minimum Gasteiger partial charge on any atom is -0.497 e. The van der Waals surface area contributed by atoms with E-state index in [0.29, 0.717) is 41.8 Å². The van der Waals surface area contributed by atoms with Crippen LogP contribution >= 0.6 is 34.5 Å². The SMILES string of the molecule is COc1ccc([C@H]2c3ccsc3CCN2CC(=O)N2CCN(C(=O)c3ccc(Cl)c(Cl)c3)[C@H](C)C2)cc1. The Kier molecular flexibility index (Phi) is 7.77. The molecule has 0 aliphatic carbocycles. The van der Waals surface area contributed by atoms with E-state index in [-0.39, 0.29) is 23.9 Å². The summed E-state index contributed by atoms with van der Waals surface area (Å²) >= 11 is 13.9. The molecule has 194 valence electrons. The predicted octanol–water partition coefficient (Wildman–Crippen LogP) is 5.38. The van der Waals surface area contributed by atoms with Gasteiger partial charge in [0.15, 0.2) is 0 Å². The number of hydrogen-bond acceptors (Lipinski definition) is 5. The van der Waals surface area contributed by atoms with E-state index in [2.05, 4.69) is 28.5 Å². The Morgan fingerprint density at radius 1 is 1.03 bits per heavy atom. The van der Waals surface area contributed by atoms with Crippen LogP contribution in [0.25, 0.3) is 0 Å². The molecule has 2 aliphatic heterocycles. The van der Waals surface area contributed by atoms with Crippen molar-refractivity contribution in [2.45, 2.75) is 25.4 Å². The number of hydrogen-bond donors (Lipinski definition) is 0. The van der Waals surface area contributed by atoms with Gasteiger partial charge in [0.1, 0.15) is 5.75 Å². The quantitative estimate of drug-likeness (QED) is 0.422. The van der Waals surface area contributed by atoms with Crippen LogP contribution in [0.3, 0.4) is 0 Å². The zero-order valence-corrected chi connectivity index (χ0v) is 23.2. The fourth-order valence-corrected chi connectivity index (χ4v) is 6.47. The summed E-state index contributed by atoms with van der Waals surface area (Å²) in [4.78, 5) is 34.0. The zero-order chi connectivity index (χ0) is 26.1. The first-order chi connectivity index (χ1) is 17.9. The van der Waals surface area contributed by atoms with Crippen molar-refractivity contribution in [1.29, 1.82) is 0 Å². The molecule has 0 spiro atoms. The predicted molar refractivity (Wildman–Crippen MR) is 148 cm³/mol. The molecule has 0 radical (unpaired) electrons. The lowest BCUT2D eigenvalue weighted by Crippen LogP contribution is -2.57. The topological polar surface area (TPSA) is 53.1 Å². The largest absolute Gasteiger partial charge is 0.497 e. The van der Waals surface area contributed by atoms with Crippen LogP contribution in [0.15, 0.2) is 53.9 Å². The second-order valence-electron chi connectivity index (χ2n) is 9.51. The summed E-state index contributed by atoms with van der Waals surface area (Å²) in [7, 11) is 1.66. The molecule has 2 aromatic carbocycles. The molecule has 0 N–H and O–H groups in total. The molecule has 1 aromatic heterocycles. The number of piperazine rings is 1. The number of halogens is 2. The van der Waals surface area contributed by atoms with Crippen molar-refractivity contribution < 1.29 is 14.3 Å². The van der Waals surface area contributed by atoms with E-state index in [1.54, 1.807) is 36.6 Å². The molecule has 0 saturated carbocycles. The molecule has 9 heteroatoms. The molecule has 1 saturated heterocycles. The Labute approximate surface area is 231 Å². The van der Waals surface area contributed by atoms with Crippen LogP contribution in [0.5, 0.6) is 5.75 Å². The number of fused-ring (bicyclic) bond motifs is 1. The highest BCUT2D eigenvalue weighted by molar-refractivity contribution is 7.10. The maximum atomic E-state index is 13.5. The molecular weight excluding hydrogens is 529 g/mol. The summed E-state index contributed by atoms with van der Waals surface area (Å²) in [5, 5.41) is 2.91. The van der Waals surface area contributed by atoms with E-state index in [1.165, 1.54) is 10.4 Å². The number of thiophene rings is 1. The third-order valence-corrected chi connectivity index (χ3v) is 8.98. The summed E-state index contributed by atoms with van der Waals surface area (Å²) < 4.78 is 5.34. The van der Waals surface area contributed by atoms with Crippen molar-refractivity contribution in [2.75, 3.05) is 39.8 Å². The Hall–Kier alpha value is -2.58. The first-order valence-corrected chi connectivity index (χ1v) is 14.0. The Bertz CT molecular complexity index is 1300. The summed E-state index contributed by atoms with van der Waals surface area (Å²) in [5.41, 5.74) is 2.93. The highest BCUT2D eigenvalue weighted by Crippen LogP contribution is 2.38. The lowest BCUT2D eigenvalue weighted by Gasteiger charge is -2.42. The highest BCUT2D eigenvalue weighted by atomic mass is 35.5. The summed E-state index contributed by atoms with van der Waals surface area (Å²) in [6, 6.07) is 15.1. The van der Waals surface area contributed by atoms with Crippen molar-refractivity contribution >= 4 is 46.4 Å². The van der Waals surface area contributed by atoms with Gasteiger partial charge in [-0.25, -0.2) is 0 Å². The fourth-order valence-electron chi connectivity index (χ4n) is 5.27. The van der Waals surface area contributed by atoms with E-state index < -0.39 is 0 Å². The Morgan fingerprint density at radius 3 is 2.51 bits per heavy atom. The van der Waals surface area contributed by atoms with Gasteiger partial charge in [-0.15, -0.1) is 11.3 Å². The number of methoxy groups -OCH3 is 1. The molecule has 6 nitrogen and oxygen atoms in total. The second kappa shape index (κ2) is 11.0. The highest BCUT2D eigenvalue weighted by Gasteiger charge is 2.34. The van der Waals surface area contributed by atoms with Gasteiger partial charge in [-0.2, -0.15) is 0 Å². The van der Waals surface area contributed by atoms with E-state index in [9.17, 15) is 9.59 Å². The van der Waals surface area contributed by atoms with Gasteiger partial charge >= 0.3 is 0 Å². The van der Waals surface area contributed by atoms with Crippen LogP contribution in [-0.2, 0) is 11.2 Å². The van der Waals surface area contributed by atoms with E-state index in [1.807, 2.05) is 28.9 Å². The zero-order valence-electron chi connectivity index (χ0n) is 20.8. The number of carbonyl (C=O) groups is 2. The first-order valence-electron chi connectivity index (χ1n) is 12.3. The molecular formula is C28H29Cl2N3O3S. The van der Waals surface area contributed by atoms with Crippen molar-refractivity contribution in [3.05, 3.63) is 85.5 Å². The van der Waals surface area contributed by atoms with Gasteiger partial charge in [0.25, 0.3) is 5.91 Å². The number of amides is 2. The maximum absolute atomic E-state index is 13.5. The van der Waals surface area contributed by atoms with Gasteiger partial charge in [-0.1, -0.05) is 35.3 Å². The molecule has 0 unspecified atom stereocenters. The summed E-state index contributed by atoms with van der Waals surface area (Å²) in [6.45, 7) is 4.61. The van der Waals surface area contributed by atoms with Gasteiger partial charge < -0.3 is 14.5 Å². The smallest absolute Gasteiger partial charge is 0.254 e. The summed E-state index contributed by atoms with van der Waals surface area (Å²) in [5.74, 6) is 0.805. The molecule has 5 rings (SSSR count). The van der Waals surface area contributed by atoms with E-state index >= 15 is 0 Å². The number of rotatable bonds is 5. The molecule has 37 heavy (non-hydrogen) atoms. The fraction of sp³-hybridized carbons (Fsp3) is 0.357. The molecule has 2 amide bonds. The lowest BCUT2D eigenvalue weighted by molar-refractivity contribution is -0.135. The van der Waals surface area contributed by atoms with Gasteiger partial charge in [-0.3, -0.25) is 14.5 Å². The third kappa shape index (κ3) is 5.36.